The summed E-state index contributed by atoms with van der Waals surface area (Å²) in [5.41, 5.74) is 2.47. The molecule has 1 N–H and O–H groups in total. The molecule has 0 saturated carbocycles. The SMILES string of the molecule is COC(=O)C(C)(C)c1ccc(NCc2ccncc2)cc1. The van der Waals surface area contributed by atoms with Crippen LogP contribution in [0.3, 0.4) is 0 Å². The van der Waals surface area contributed by atoms with Crippen molar-refractivity contribution in [2.75, 3.05) is 12.4 Å². The highest BCUT2D eigenvalue weighted by Crippen LogP contribution is 2.26. The molecule has 21 heavy (non-hydrogen) atoms. The number of rotatable bonds is 5. The molecule has 2 rings (SSSR count). The van der Waals surface area contributed by atoms with Gasteiger partial charge in [-0.25, -0.2) is 0 Å². The third kappa shape index (κ3) is 3.60. The molecule has 0 amide bonds. The molecule has 2 aromatic rings. The zero-order chi connectivity index (χ0) is 15.3. The lowest BCUT2D eigenvalue weighted by atomic mass is 9.85. The monoisotopic (exact) mass is 284 g/mol. The first kappa shape index (κ1) is 15.0. The van der Waals surface area contributed by atoms with Crippen LogP contribution in [0.4, 0.5) is 5.69 Å². The van der Waals surface area contributed by atoms with Crippen molar-refractivity contribution in [2.24, 2.45) is 0 Å². The van der Waals surface area contributed by atoms with Gasteiger partial charge in [0.2, 0.25) is 0 Å². The molecule has 0 aliphatic heterocycles. The van der Waals surface area contributed by atoms with E-state index in [0.717, 1.165) is 17.8 Å². The Morgan fingerprint density at radius 1 is 1.14 bits per heavy atom. The normalized spacial score (nSPS) is 11.0. The smallest absolute Gasteiger partial charge is 0.315 e. The fourth-order valence-electron chi connectivity index (χ4n) is 2.08. The average Bonchev–Trinajstić information content (AvgIpc) is 2.53. The first-order valence-electron chi connectivity index (χ1n) is 6.86. The zero-order valence-electron chi connectivity index (χ0n) is 12.6. The van der Waals surface area contributed by atoms with Gasteiger partial charge in [0.25, 0.3) is 0 Å². The summed E-state index contributed by atoms with van der Waals surface area (Å²) in [5.74, 6) is -0.236. The van der Waals surface area contributed by atoms with E-state index in [1.165, 1.54) is 12.7 Å². The Balaban J connectivity index is 2.04. The maximum Gasteiger partial charge on any atom is 0.315 e. The summed E-state index contributed by atoms with van der Waals surface area (Å²) in [5, 5.41) is 3.34. The lowest BCUT2D eigenvalue weighted by Gasteiger charge is -2.22. The minimum Gasteiger partial charge on any atom is -0.468 e. The standard InChI is InChI=1S/C17H20N2O2/c1-17(2,16(20)21-3)14-4-6-15(7-5-14)19-12-13-8-10-18-11-9-13/h4-11,19H,12H2,1-3H3. The quantitative estimate of drug-likeness (QED) is 0.857. The van der Waals surface area contributed by atoms with Crippen LogP contribution in [0.5, 0.6) is 0 Å². The Bertz CT molecular complexity index is 592. The third-order valence-electron chi connectivity index (χ3n) is 3.55. The Morgan fingerprint density at radius 3 is 2.33 bits per heavy atom. The summed E-state index contributed by atoms with van der Waals surface area (Å²) in [4.78, 5) is 15.8. The Kier molecular flexibility index (Phi) is 4.58. The Labute approximate surface area is 125 Å². The van der Waals surface area contributed by atoms with E-state index in [-0.39, 0.29) is 5.97 Å². The lowest BCUT2D eigenvalue weighted by molar-refractivity contribution is -0.146. The summed E-state index contributed by atoms with van der Waals surface area (Å²) in [6, 6.07) is 11.8. The van der Waals surface area contributed by atoms with Gasteiger partial charge in [-0.05, 0) is 49.2 Å². The van der Waals surface area contributed by atoms with Gasteiger partial charge in [0.1, 0.15) is 0 Å². The highest BCUT2D eigenvalue weighted by atomic mass is 16.5. The van der Waals surface area contributed by atoms with E-state index in [1.807, 2.05) is 50.2 Å². The van der Waals surface area contributed by atoms with Crippen molar-refractivity contribution in [3.63, 3.8) is 0 Å². The predicted octanol–water partition coefficient (Wildman–Crippen LogP) is 3.14. The van der Waals surface area contributed by atoms with Crippen molar-refractivity contribution in [3.8, 4) is 0 Å². The molecule has 1 aromatic heterocycles. The second-order valence-corrected chi connectivity index (χ2v) is 5.40. The summed E-state index contributed by atoms with van der Waals surface area (Å²) in [6.07, 6.45) is 3.55. The molecule has 0 aliphatic carbocycles. The predicted molar refractivity (Wildman–Crippen MR) is 83.0 cm³/mol. The van der Waals surface area contributed by atoms with Crippen LogP contribution in [0.25, 0.3) is 0 Å². The van der Waals surface area contributed by atoms with E-state index in [2.05, 4.69) is 10.3 Å². The van der Waals surface area contributed by atoms with E-state index in [9.17, 15) is 4.79 Å². The van der Waals surface area contributed by atoms with Gasteiger partial charge < -0.3 is 10.1 Å². The number of carbonyl (C=O) groups is 1. The summed E-state index contributed by atoms with van der Waals surface area (Å²) >= 11 is 0. The van der Waals surface area contributed by atoms with Crippen LogP contribution in [-0.4, -0.2) is 18.1 Å². The molecule has 0 spiro atoms. The number of benzene rings is 1. The Hall–Kier alpha value is -2.36. The maximum atomic E-state index is 11.8. The molecule has 0 unspecified atom stereocenters. The summed E-state index contributed by atoms with van der Waals surface area (Å²) in [7, 11) is 1.41. The molecule has 0 fully saturated rings. The van der Waals surface area contributed by atoms with Crippen molar-refractivity contribution < 1.29 is 9.53 Å². The van der Waals surface area contributed by atoms with Gasteiger partial charge in [-0.3, -0.25) is 9.78 Å². The molecule has 0 atom stereocenters. The number of methoxy groups -OCH3 is 1. The lowest BCUT2D eigenvalue weighted by Crippen LogP contribution is -2.30. The molecule has 0 saturated heterocycles. The zero-order valence-corrected chi connectivity index (χ0v) is 12.6. The number of pyridine rings is 1. The average molecular weight is 284 g/mol. The number of aromatic nitrogens is 1. The van der Waals surface area contributed by atoms with Crippen molar-refractivity contribution in [1.82, 2.24) is 4.98 Å². The van der Waals surface area contributed by atoms with Gasteiger partial charge in [-0.1, -0.05) is 12.1 Å². The Morgan fingerprint density at radius 2 is 1.76 bits per heavy atom. The van der Waals surface area contributed by atoms with Crippen LogP contribution < -0.4 is 5.32 Å². The minimum absolute atomic E-state index is 0.236. The van der Waals surface area contributed by atoms with Crippen LogP contribution in [0.15, 0.2) is 48.8 Å². The molecular formula is C17H20N2O2. The van der Waals surface area contributed by atoms with Gasteiger partial charge in [-0.15, -0.1) is 0 Å². The number of hydrogen-bond acceptors (Lipinski definition) is 4. The molecule has 4 nitrogen and oxygen atoms in total. The van der Waals surface area contributed by atoms with Gasteiger partial charge in [0.15, 0.2) is 0 Å². The van der Waals surface area contributed by atoms with Crippen LogP contribution in [-0.2, 0) is 21.5 Å². The van der Waals surface area contributed by atoms with E-state index < -0.39 is 5.41 Å². The molecular weight excluding hydrogens is 264 g/mol. The molecule has 0 radical (unpaired) electrons. The van der Waals surface area contributed by atoms with E-state index in [1.54, 1.807) is 12.4 Å². The number of hydrogen-bond donors (Lipinski definition) is 1. The number of ether oxygens (including phenoxy) is 1. The number of anilines is 1. The minimum atomic E-state index is -0.640. The van der Waals surface area contributed by atoms with Gasteiger partial charge in [-0.2, -0.15) is 0 Å². The fourth-order valence-corrected chi connectivity index (χ4v) is 2.08. The van der Waals surface area contributed by atoms with Crippen molar-refractivity contribution in [3.05, 3.63) is 59.9 Å². The van der Waals surface area contributed by atoms with Gasteiger partial charge >= 0.3 is 5.97 Å². The van der Waals surface area contributed by atoms with E-state index in [4.69, 9.17) is 4.74 Å². The van der Waals surface area contributed by atoms with Crippen molar-refractivity contribution in [1.29, 1.82) is 0 Å². The van der Waals surface area contributed by atoms with Crippen LogP contribution in [0, 0.1) is 0 Å². The fraction of sp³-hybridized carbons (Fsp3) is 0.294. The summed E-state index contributed by atoms with van der Waals surface area (Å²) < 4.78 is 4.84. The van der Waals surface area contributed by atoms with Crippen molar-refractivity contribution in [2.45, 2.75) is 25.8 Å². The van der Waals surface area contributed by atoms with Crippen LogP contribution in [0.1, 0.15) is 25.0 Å². The number of nitrogens with one attached hydrogen (secondary N) is 1. The number of esters is 1. The van der Waals surface area contributed by atoms with Gasteiger partial charge in [0.05, 0.1) is 12.5 Å². The summed E-state index contributed by atoms with van der Waals surface area (Å²) in [6.45, 7) is 4.46. The van der Waals surface area contributed by atoms with E-state index >= 15 is 0 Å². The largest absolute Gasteiger partial charge is 0.468 e. The molecule has 1 heterocycles. The van der Waals surface area contributed by atoms with Gasteiger partial charge in [0, 0.05) is 24.6 Å². The third-order valence-corrected chi connectivity index (χ3v) is 3.55. The first-order valence-corrected chi connectivity index (χ1v) is 6.86. The van der Waals surface area contributed by atoms with E-state index in [0.29, 0.717) is 0 Å². The molecule has 110 valence electrons. The number of carbonyl (C=O) groups excluding carboxylic acids is 1. The highest BCUT2D eigenvalue weighted by molar-refractivity contribution is 5.82. The highest BCUT2D eigenvalue weighted by Gasteiger charge is 2.30. The first-order chi connectivity index (χ1) is 10.0. The number of nitrogens with zero attached hydrogens (tertiary/aromatic N) is 1. The maximum absolute atomic E-state index is 11.8. The molecule has 1 aromatic carbocycles. The molecule has 4 heteroatoms. The van der Waals surface area contributed by atoms with Crippen LogP contribution in [0.2, 0.25) is 0 Å². The van der Waals surface area contributed by atoms with Crippen molar-refractivity contribution >= 4 is 11.7 Å². The topological polar surface area (TPSA) is 51.2 Å². The molecule has 0 bridgehead atoms. The van der Waals surface area contributed by atoms with Crippen LogP contribution >= 0.6 is 0 Å². The molecule has 0 aliphatic rings. The second-order valence-electron chi connectivity index (χ2n) is 5.40. The second kappa shape index (κ2) is 6.39.